The van der Waals surface area contributed by atoms with Crippen LogP contribution in [0.4, 0.5) is 0 Å². The molecule has 0 saturated heterocycles. The molecule has 0 aliphatic carbocycles. The number of likely N-dealkylation sites (N-methyl/N-ethyl adjacent to an activating group) is 1. The second-order valence-electron chi connectivity index (χ2n) is 24.5. The Bertz CT molecular complexity index is 1390. The number of carboxylic acid groups (broad SMARTS) is 1. The fourth-order valence-electron chi connectivity index (χ4n) is 10.1. The second-order valence-corrected chi connectivity index (χ2v) is 24.5. The minimum Gasteiger partial charge on any atom is -0.477 e. The standard InChI is InChI=1S/C70H131NO8/c1-6-8-10-12-14-16-18-20-22-23-24-25-26-27-28-29-30-31-32-33-34-35-36-37-38-39-40-41-42-43-44-45-47-49-51-53-55-57-59-61-68(73)79-66(65-78-70(69(74)75)76-63-62-71(3,4)5)64-77-67(72)60-58-56-54-52-50-48-46-21-19-17-15-13-11-9-7-2/h18,20,23-24,26-27,66,70H,6-17,19,21-22,25,28-65H2,1-5H3/p+1/b20-18-,24-23-,27-26-. The Kier molecular flexibility index (Phi) is 59.6. The summed E-state index contributed by atoms with van der Waals surface area (Å²) in [6.45, 7) is 4.92. The van der Waals surface area contributed by atoms with Crippen LogP contribution < -0.4 is 0 Å². The number of nitrogens with zero attached hydrogens (tertiary/aromatic N) is 1. The Morgan fingerprint density at radius 1 is 0.380 bits per heavy atom. The lowest BCUT2D eigenvalue weighted by Gasteiger charge is -2.25. The first-order chi connectivity index (χ1) is 38.6. The van der Waals surface area contributed by atoms with E-state index in [-0.39, 0.29) is 38.2 Å². The number of aliphatic carboxylic acids is 1. The average molecular weight is 1120 g/mol. The van der Waals surface area contributed by atoms with E-state index in [0.29, 0.717) is 17.4 Å². The van der Waals surface area contributed by atoms with Crippen LogP contribution in [0.5, 0.6) is 0 Å². The van der Waals surface area contributed by atoms with Crippen molar-refractivity contribution in [2.24, 2.45) is 0 Å². The van der Waals surface area contributed by atoms with Gasteiger partial charge in [-0.05, 0) is 51.4 Å². The zero-order valence-corrected chi connectivity index (χ0v) is 53.1. The van der Waals surface area contributed by atoms with Gasteiger partial charge >= 0.3 is 17.9 Å². The molecule has 0 spiro atoms. The van der Waals surface area contributed by atoms with Crippen molar-refractivity contribution in [3.8, 4) is 0 Å². The summed E-state index contributed by atoms with van der Waals surface area (Å²) < 4.78 is 22.9. The molecule has 0 aromatic rings. The molecule has 2 unspecified atom stereocenters. The third-order valence-corrected chi connectivity index (χ3v) is 15.4. The summed E-state index contributed by atoms with van der Waals surface area (Å²) in [5, 5.41) is 9.72. The van der Waals surface area contributed by atoms with E-state index in [0.717, 1.165) is 51.4 Å². The highest BCUT2D eigenvalue weighted by Gasteiger charge is 2.25. The van der Waals surface area contributed by atoms with Gasteiger partial charge in [0.1, 0.15) is 13.2 Å². The lowest BCUT2D eigenvalue weighted by Crippen LogP contribution is -2.40. The predicted octanol–water partition coefficient (Wildman–Crippen LogP) is 20.8. The number of ether oxygens (including phenoxy) is 4. The van der Waals surface area contributed by atoms with E-state index in [1.807, 2.05) is 21.1 Å². The van der Waals surface area contributed by atoms with Crippen LogP contribution in [0.1, 0.15) is 335 Å². The largest absolute Gasteiger partial charge is 0.477 e. The first kappa shape index (κ1) is 76.5. The highest BCUT2D eigenvalue weighted by molar-refractivity contribution is 5.71. The van der Waals surface area contributed by atoms with Gasteiger partial charge in [0.05, 0.1) is 34.4 Å². The molecule has 0 aliphatic heterocycles. The van der Waals surface area contributed by atoms with Crippen molar-refractivity contribution in [2.45, 2.75) is 347 Å². The number of hydrogen-bond acceptors (Lipinski definition) is 7. The third kappa shape index (κ3) is 63.0. The van der Waals surface area contributed by atoms with E-state index in [9.17, 15) is 19.5 Å². The van der Waals surface area contributed by atoms with Crippen molar-refractivity contribution in [1.82, 2.24) is 0 Å². The molecule has 0 aliphatic rings. The zero-order valence-electron chi connectivity index (χ0n) is 53.1. The maximum absolute atomic E-state index is 12.9. The van der Waals surface area contributed by atoms with Crippen LogP contribution in [0.2, 0.25) is 0 Å². The summed E-state index contributed by atoms with van der Waals surface area (Å²) in [6, 6.07) is 0. The molecule has 0 aromatic carbocycles. The summed E-state index contributed by atoms with van der Waals surface area (Å²) >= 11 is 0. The van der Waals surface area contributed by atoms with E-state index in [4.69, 9.17) is 18.9 Å². The van der Waals surface area contributed by atoms with Crippen molar-refractivity contribution in [1.29, 1.82) is 0 Å². The SMILES string of the molecule is CCCCCCC/C=C\C/C=C\C/C=C\CCCCCCCCCCCCCCCCCCCCCCCCCCC(=O)OC(COC(=O)CCCCCCCCCCCCCCCCC)COC(OCC[N+](C)(C)C)C(=O)O. The maximum Gasteiger partial charge on any atom is 0.361 e. The molecule has 0 aromatic heterocycles. The Hall–Kier alpha value is -2.49. The van der Waals surface area contributed by atoms with Gasteiger partial charge in [-0.1, -0.05) is 307 Å². The van der Waals surface area contributed by atoms with Gasteiger partial charge in [-0.25, -0.2) is 4.79 Å². The van der Waals surface area contributed by atoms with Crippen LogP contribution >= 0.6 is 0 Å². The number of carbonyl (C=O) groups excluding carboxylic acids is 2. The number of allylic oxidation sites excluding steroid dienone is 6. The summed E-state index contributed by atoms with van der Waals surface area (Å²) in [4.78, 5) is 37.5. The van der Waals surface area contributed by atoms with Crippen LogP contribution in [0, 0.1) is 0 Å². The van der Waals surface area contributed by atoms with Crippen molar-refractivity contribution in [3.63, 3.8) is 0 Å². The zero-order chi connectivity index (χ0) is 57.6. The van der Waals surface area contributed by atoms with Crippen molar-refractivity contribution >= 4 is 17.9 Å². The molecule has 0 fully saturated rings. The lowest BCUT2D eigenvalue weighted by molar-refractivity contribution is -0.870. The van der Waals surface area contributed by atoms with Gasteiger partial charge in [-0.15, -0.1) is 0 Å². The van der Waals surface area contributed by atoms with Crippen molar-refractivity contribution in [3.05, 3.63) is 36.5 Å². The van der Waals surface area contributed by atoms with Gasteiger partial charge in [-0.3, -0.25) is 9.59 Å². The molecule has 0 rings (SSSR count). The number of rotatable bonds is 64. The number of esters is 2. The summed E-state index contributed by atoms with van der Waals surface area (Å²) in [7, 11) is 5.98. The lowest BCUT2D eigenvalue weighted by atomic mass is 10.0. The predicted molar refractivity (Wildman–Crippen MR) is 337 cm³/mol. The Morgan fingerprint density at radius 2 is 0.684 bits per heavy atom. The molecular formula is C70H132NO8+. The molecule has 0 saturated carbocycles. The van der Waals surface area contributed by atoms with E-state index in [1.54, 1.807) is 0 Å². The Labute approximate surface area is 490 Å². The van der Waals surface area contributed by atoms with Gasteiger partial charge in [-0.2, -0.15) is 0 Å². The quantitative estimate of drug-likeness (QED) is 0.0211. The molecule has 2 atom stereocenters. The summed E-state index contributed by atoms with van der Waals surface area (Å²) in [5.74, 6) is -1.98. The Morgan fingerprint density at radius 3 is 1.01 bits per heavy atom. The molecule has 0 radical (unpaired) electrons. The monoisotopic (exact) mass is 1110 g/mol. The van der Waals surface area contributed by atoms with Gasteiger partial charge in [0.2, 0.25) is 0 Å². The van der Waals surface area contributed by atoms with E-state index in [1.165, 1.54) is 257 Å². The number of hydrogen-bond donors (Lipinski definition) is 1. The van der Waals surface area contributed by atoms with Crippen LogP contribution in [0.25, 0.3) is 0 Å². The third-order valence-electron chi connectivity index (χ3n) is 15.4. The van der Waals surface area contributed by atoms with E-state index in [2.05, 4.69) is 50.3 Å². The first-order valence-corrected chi connectivity index (χ1v) is 34.2. The number of carboxylic acids is 1. The molecule has 0 heterocycles. The fraction of sp³-hybridized carbons (Fsp3) is 0.871. The van der Waals surface area contributed by atoms with Crippen LogP contribution in [0.3, 0.4) is 0 Å². The maximum atomic E-state index is 12.9. The average Bonchev–Trinajstić information content (AvgIpc) is 3.42. The van der Waals surface area contributed by atoms with Crippen molar-refractivity contribution < 1.29 is 42.9 Å². The minimum atomic E-state index is -1.51. The molecule has 9 heteroatoms. The van der Waals surface area contributed by atoms with Crippen molar-refractivity contribution in [2.75, 3.05) is 47.5 Å². The fourth-order valence-corrected chi connectivity index (χ4v) is 10.1. The van der Waals surface area contributed by atoms with E-state index >= 15 is 0 Å². The number of carbonyl (C=O) groups is 3. The molecular weight excluding hydrogens is 983 g/mol. The van der Waals surface area contributed by atoms with Crippen LogP contribution in [-0.4, -0.2) is 87.4 Å². The number of quaternary nitrogens is 1. The van der Waals surface area contributed by atoms with Gasteiger partial charge < -0.3 is 28.5 Å². The van der Waals surface area contributed by atoms with Gasteiger partial charge in [0.15, 0.2) is 6.10 Å². The molecule has 1 N–H and O–H groups in total. The molecule has 79 heavy (non-hydrogen) atoms. The minimum absolute atomic E-state index is 0.175. The summed E-state index contributed by atoms with van der Waals surface area (Å²) in [6.07, 6.45) is 74.1. The highest BCUT2D eigenvalue weighted by atomic mass is 16.7. The second kappa shape index (κ2) is 61.6. The number of unbranched alkanes of at least 4 members (excludes halogenated alkanes) is 43. The normalized spacial score (nSPS) is 12.9. The van der Waals surface area contributed by atoms with Gasteiger partial charge in [0.25, 0.3) is 6.29 Å². The van der Waals surface area contributed by atoms with Crippen LogP contribution in [0.15, 0.2) is 36.5 Å². The molecule has 464 valence electrons. The molecule has 0 amide bonds. The topological polar surface area (TPSA) is 108 Å². The molecule has 0 bridgehead atoms. The highest BCUT2D eigenvalue weighted by Crippen LogP contribution is 2.18. The molecule has 9 nitrogen and oxygen atoms in total. The smallest absolute Gasteiger partial charge is 0.361 e. The van der Waals surface area contributed by atoms with E-state index < -0.39 is 18.4 Å². The first-order valence-electron chi connectivity index (χ1n) is 34.2. The summed E-state index contributed by atoms with van der Waals surface area (Å²) in [5.41, 5.74) is 0. The Balaban J connectivity index is 3.94. The van der Waals surface area contributed by atoms with Gasteiger partial charge in [0, 0.05) is 12.8 Å². The van der Waals surface area contributed by atoms with Crippen LogP contribution in [-0.2, 0) is 33.3 Å².